The van der Waals surface area contributed by atoms with Gasteiger partial charge >= 0.3 is 0 Å². The molecule has 9 heteroatoms. The minimum absolute atomic E-state index is 0.0901. The monoisotopic (exact) mass is 628 g/mol. The van der Waals surface area contributed by atoms with E-state index in [-0.39, 0.29) is 12.0 Å². The van der Waals surface area contributed by atoms with Crippen molar-refractivity contribution in [3.63, 3.8) is 0 Å². The first kappa shape index (κ1) is 38.3. The van der Waals surface area contributed by atoms with Gasteiger partial charge < -0.3 is 16.3 Å². The van der Waals surface area contributed by atoms with Crippen LogP contribution in [0.15, 0.2) is 89.9 Å². The van der Waals surface area contributed by atoms with Gasteiger partial charge in [-0.15, -0.1) is 0 Å². The Kier molecular flexibility index (Phi) is 17.5. The van der Waals surface area contributed by atoms with Crippen molar-refractivity contribution < 1.29 is 4.79 Å². The van der Waals surface area contributed by atoms with Crippen LogP contribution in [0.3, 0.4) is 0 Å². The van der Waals surface area contributed by atoms with E-state index in [1.54, 1.807) is 0 Å². The van der Waals surface area contributed by atoms with Crippen molar-refractivity contribution in [2.75, 3.05) is 68.2 Å². The zero-order valence-electron chi connectivity index (χ0n) is 29.0. The van der Waals surface area contributed by atoms with Crippen LogP contribution in [0.2, 0.25) is 0 Å². The number of hydrogen-bond donors (Lipinski definition) is 3. The molecule has 0 aromatic heterocycles. The van der Waals surface area contributed by atoms with Gasteiger partial charge in [0.05, 0.1) is 12.7 Å². The number of aldehydes is 1. The number of hydrazine groups is 1. The van der Waals surface area contributed by atoms with Crippen LogP contribution in [0, 0.1) is 0 Å². The molecule has 4 rings (SSSR count). The first-order valence-electron chi connectivity index (χ1n) is 16.0. The van der Waals surface area contributed by atoms with E-state index in [4.69, 9.17) is 11.5 Å². The van der Waals surface area contributed by atoms with Crippen LogP contribution in [0.5, 0.6) is 0 Å². The first-order valence-corrected chi connectivity index (χ1v) is 16.0. The molecular formula is C37H56N8O. The summed E-state index contributed by atoms with van der Waals surface area (Å²) in [5.74, 6) is 0.0901. The second-order valence-corrected chi connectivity index (χ2v) is 11.8. The predicted octanol–water partition coefficient (Wildman–Crippen LogP) is 5.07. The highest BCUT2D eigenvalue weighted by molar-refractivity contribution is 6.05. The Labute approximate surface area is 276 Å². The van der Waals surface area contributed by atoms with Gasteiger partial charge in [-0.25, -0.2) is 10.4 Å². The Balaban J connectivity index is 0.000000263. The molecule has 0 amide bonds. The van der Waals surface area contributed by atoms with Gasteiger partial charge in [0, 0.05) is 20.3 Å². The number of fused-ring (bicyclic) bond motifs is 2. The van der Waals surface area contributed by atoms with Crippen molar-refractivity contribution in [3.05, 3.63) is 84.9 Å². The molecule has 0 aliphatic carbocycles. The van der Waals surface area contributed by atoms with Crippen LogP contribution in [-0.2, 0) is 4.79 Å². The summed E-state index contributed by atoms with van der Waals surface area (Å²) in [6, 6.07) is 30.0. The van der Waals surface area contributed by atoms with Gasteiger partial charge in [0.15, 0.2) is 5.96 Å². The number of carbonyl (C=O) groups excluding carboxylic acids is 1. The number of nitrogens with zero attached hydrogens (tertiary/aromatic N) is 5. The highest BCUT2D eigenvalue weighted by Crippen LogP contribution is 2.33. The number of benzene rings is 4. The summed E-state index contributed by atoms with van der Waals surface area (Å²) in [6.45, 7) is 8.68. The minimum Gasteiger partial charge on any atom is -0.370 e. The smallest absolute Gasteiger partial charge is 0.185 e. The van der Waals surface area contributed by atoms with Gasteiger partial charge in [-0.3, -0.25) is 19.7 Å². The Morgan fingerprint density at radius 1 is 0.739 bits per heavy atom. The van der Waals surface area contributed by atoms with Crippen LogP contribution >= 0.6 is 0 Å². The summed E-state index contributed by atoms with van der Waals surface area (Å²) < 4.78 is 0. The van der Waals surface area contributed by atoms with E-state index < -0.39 is 0 Å². The maximum atomic E-state index is 10.9. The van der Waals surface area contributed by atoms with E-state index >= 15 is 0 Å². The van der Waals surface area contributed by atoms with Crippen molar-refractivity contribution in [1.29, 1.82) is 0 Å². The van der Waals surface area contributed by atoms with E-state index in [0.29, 0.717) is 13.0 Å². The van der Waals surface area contributed by atoms with Crippen molar-refractivity contribution in [2.45, 2.75) is 32.7 Å². The standard InChI is InChI=1S/C20H14.C11H26N6O.C6H16N2/c1-3-11-17-15(7-1)9-5-13-19(17)20-14-6-10-16-8-2-4-12-18(16)20;1-4-16(2)9-17(3)15-10(8-18)6-5-7-14-11(12)13;1-5-8(4)6-7(2)3/h1-14H;8,10,15H,4-7,9H2,1-3H3,(H4,12,13,14);5-6H2,1-4H3/t;10-;/m.0./s1. The number of nitrogens with two attached hydrogens (primary N) is 2. The average molecular weight is 629 g/mol. The molecule has 0 unspecified atom stereocenters. The van der Waals surface area contributed by atoms with Gasteiger partial charge in [0.2, 0.25) is 0 Å². The molecule has 46 heavy (non-hydrogen) atoms. The molecule has 0 aliphatic rings. The largest absolute Gasteiger partial charge is 0.370 e. The van der Waals surface area contributed by atoms with Crippen molar-refractivity contribution in [2.24, 2.45) is 16.5 Å². The third kappa shape index (κ3) is 13.6. The molecule has 0 bridgehead atoms. The SMILES string of the molecule is CCN(C)CN(C)C.CCN(C)CN(C)N[C@H](C=O)CCCN=C(N)N.c1ccc2c(-c3cccc4ccccc34)cccc2c1. The molecule has 4 aromatic carbocycles. The molecule has 0 radical (unpaired) electrons. The Bertz CT molecular complexity index is 1380. The van der Waals surface area contributed by atoms with Crippen molar-refractivity contribution in [3.8, 4) is 11.1 Å². The lowest BCUT2D eigenvalue weighted by Crippen LogP contribution is -2.47. The van der Waals surface area contributed by atoms with Gasteiger partial charge in [-0.2, -0.15) is 0 Å². The second-order valence-electron chi connectivity index (χ2n) is 11.8. The predicted molar refractivity (Wildman–Crippen MR) is 198 cm³/mol. The summed E-state index contributed by atoms with van der Waals surface area (Å²) in [4.78, 5) is 21.4. The van der Waals surface area contributed by atoms with Gasteiger partial charge in [-0.1, -0.05) is 98.8 Å². The third-order valence-electron chi connectivity index (χ3n) is 7.45. The quantitative estimate of drug-likeness (QED) is 0.0444. The minimum atomic E-state index is -0.200. The number of guanidine groups is 1. The van der Waals surface area contributed by atoms with E-state index in [1.165, 1.54) is 32.7 Å². The fourth-order valence-corrected chi connectivity index (χ4v) is 4.97. The fraction of sp³-hybridized carbons (Fsp3) is 0.405. The van der Waals surface area contributed by atoms with Gasteiger partial charge in [-0.05, 0) is 86.8 Å². The van der Waals surface area contributed by atoms with Crippen LogP contribution < -0.4 is 16.9 Å². The number of hydrogen-bond acceptors (Lipinski definition) is 7. The lowest BCUT2D eigenvalue weighted by molar-refractivity contribution is -0.111. The van der Waals surface area contributed by atoms with E-state index in [1.807, 2.05) is 19.1 Å². The average Bonchev–Trinajstić information content (AvgIpc) is 3.05. The maximum absolute atomic E-state index is 10.9. The summed E-state index contributed by atoms with van der Waals surface area (Å²) in [7, 11) is 10.2. The van der Waals surface area contributed by atoms with Crippen molar-refractivity contribution in [1.82, 2.24) is 25.1 Å². The van der Waals surface area contributed by atoms with E-state index in [2.05, 4.69) is 145 Å². The number of carbonyl (C=O) groups is 1. The molecule has 0 fully saturated rings. The molecule has 250 valence electrons. The maximum Gasteiger partial charge on any atom is 0.185 e. The highest BCUT2D eigenvalue weighted by atomic mass is 16.1. The molecule has 5 N–H and O–H groups in total. The Hall–Kier alpha value is -3.86. The van der Waals surface area contributed by atoms with Crippen LogP contribution in [0.1, 0.15) is 26.7 Å². The Morgan fingerprint density at radius 2 is 1.22 bits per heavy atom. The summed E-state index contributed by atoms with van der Waals surface area (Å²) in [5, 5.41) is 7.11. The molecule has 0 heterocycles. The molecule has 9 nitrogen and oxygen atoms in total. The van der Waals surface area contributed by atoms with Crippen LogP contribution in [0.25, 0.3) is 32.7 Å². The lowest BCUT2D eigenvalue weighted by Gasteiger charge is -2.26. The molecule has 0 saturated carbocycles. The Morgan fingerprint density at radius 3 is 1.65 bits per heavy atom. The molecular weight excluding hydrogens is 572 g/mol. The highest BCUT2D eigenvalue weighted by Gasteiger charge is 2.10. The molecule has 0 aliphatic heterocycles. The number of nitrogens with one attached hydrogen (secondary N) is 1. The zero-order chi connectivity index (χ0) is 33.9. The number of rotatable bonds is 14. The fourth-order valence-electron chi connectivity index (χ4n) is 4.97. The van der Waals surface area contributed by atoms with Crippen molar-refractivity contribution >= 4 is 33.8 Å². The number of aliphatic imine (C=N–C) groups is 1. The molecule has 0 saturated heterocycles. The normalized spacial score (nSPS) is 11.7. The first-order chi connectivity index (χ1) is 22.1. The summed E-state index contributed by atoms with van der Waals surface area (Å²) in [6.07, 6.45) is 2.39. The van der Waals surface area contributed by atoms with E-state index in [0.717, 1.165) is 39.1 Å². The summed E-state index contributed by atoms with van der Waals surface area (Å²) >= 11 is 0. The topological polar surface area (TPSA) is 106 Å². The zero-order valence-corrected chi connectivity index (χ0v) is 29.0. The van der Waals surface area contributed by atoms with Gasteiger partial charge in [0.25, 0.3) is 0 Å². The molecule has 4 aromatic rings. The molecule has 1 atom stereocenters. The molecule has 0 spiro atoms. The lowest BCUT2D eigenvalue weighted by atomic mass is 9.94. The second kappa shape index (κ2) is 21.0. The third-order valence-corrected chi connectivity index (χ3v) is 7.45. The van der Waals surface area contributed by atoms with Crippen LogP contribution in [-0.4, -0.2) is 106 Å². The van der Waals surface area contributed by atoms with Gasteiger partial charge in [0.1, 0.15) is 6.29 Å². The van der Waals surface area contributed by atoms with E-state index in [9.17, 15) is 4.79 Å². The summed E-state index contributed by atoms with van der Waals surface area (Å²) in [5.41, 5.74) is 16.2. The van der Waals surface area contributed by atoms with Crippen LogP contribution in [0.4, 0.5) is 0 Å².